The number of hydrogen-bond donors (Lipinski definition) is 2. The van der Waals surface area contributed by atoms with Gasteiger partial charge in [-0.15, -0.1) is 0 Å². The molecule has 352 valence electrons. The number of carbonyl (C=O) groups excluding carboxylic acids is 5. The van der Waals surface area contributed by atoms with E-state index in [9.17, 15) is 29.2 Å². The van der Waals surface area contributed by atoms with Crippen molar-refractivity contribution in [2.75, 3.05) is 94.9 Å². The second kappa shape index (κ2) is 19.3. The Morgan fingerprint density at radius 1 is 0.925 bits per heavy atom. The van der Waals surface area contributed by atoms with E-state index in [0.29, 0.717) is 114 Å². The van der Waals surface area contributed by atoms with Crippen LogP contribution in [-0.4, -0.2) is 161 Å². The van der Waals surface area contributed by atoms with Gasteiger partial charge in [0, 0.05) is 133 Å². The third kappa shape index (κ3) is 9.52. The van der Waals surface area contributed by atoms with Gasteiger partial charge in [-0.25, -0.2) is 9.50 Å². The number of anilines is 2. The molecule has 4 fully saturated rings. The Morgan fingerprint density at radius 3 is 2.37 bits per heavy atom. The number of ether oxygens (including phenoxy) is 1. The van der Waals surface area contributed by atoms with Gasteiger partial charge in [-0.1, -0.05) is 0 Å². The molecule has 5 aliphatic heterocycles. The fourth-order valence-corrected chi connectivity index (χ4v) is 10.4. The number of fused-ring (bicyclic) bond motifs is 2. The summed E-state index contributed by atoms with van der Waals surface area (Å²) in [5.74, 6) is 0.856. The topological polar surface area (TPSA) is 192 Å². The summed E-state index contributed by atoms with van der Waals surface area (Å²) in [5.41, 5.74) is 4.82. The number of carbonyl (C=O) groups is 5. The molecule has 0 radical (unpaired) electrons. The molecule has 8 heterocycles. The number of imide groups is 1. The fraction of sp³-hybridized carbons (Fsp3) is 0.510. The highest BCUT2D eigenvalue weighted by atomic mass is 16.5. The molecule has 0 aliphatic carbocycles. The SMILES string of the molecule is CCOc1cc(-c2ccc(N3CCC(CN4CCN(C(=O)CCN5CCN(c6ccc7c(c6)CN(C6CCC(=O)NC6=O)C7=O)CC5)CC4)(C(=O)NC(C)C)CC3)nc2)c2c(C#N)cnn2c1. The summed E-state index contributed by atoms with van der Waals surface area (Å²) in [6, 6.07) is 13.4. The van der Waals surface area contributed by atoms with Gasteiger partial charge >= 0.3 is 0 Å². The molecule has 0 saturated carbocycles. The summed E-state index contributed by atoms with van der Waals surface area (Å²) in [6.07, 6.45) is 7.54. The normalized spacial score (nSPS) is 20.3. The molecule has 5 amide bonds. The van der Waals surface area contributed by atoms with Gasteiger partial charge in [0.05, 0.1) is 35.5 Å². The molecule has 1 atom stereocenters. The quantitative estimate of drug-likeness (QED) is 0.187. The van der Waals surface area contributed by atoms with Gasteiger partial charge in [-0.2, -0.15) is 10.4 Å². The molecule has 18 nitrogen and oxygen atoms in total. The smallest absolute Gasteiger partial charge is 0.255 e. The standard InChI is InChI=1S/C49H60N12O6/c1-4-67-38-26-40(45-36(27-50)29-52-61(45)31-38)34-5-9-42(51-28-34)58-15-12-49(13-16-58,48(66)53-33(2)3)32-56-19-23-59(24-20-56)44(63)11-14-55-17-21-57(22-18-55)37-6-7-39-35(25-37)30-60(47(39)65)41-8-10-43(62)54-46(41)64/h5-7,9,25-26,28-29,31,33,41H,4,8,10-24,30,32H2,1-3H3,(H,53,66)(H,54,62,64). The van der Waals surface area contributed by atoms with Crippen molar-refractivity contribution in [1.29, 1.82) is 5.26 Å². The minimum absolute atomic E-state index is 0.0185. The van der Waals surface area contributed by atoms with Crippen LogP contribution in [0.25, 0.3) is 16.6 Å². The molecule has 18 heteroatoms. The van der Waals surface area contributed by atoms with Crippen LogP contribution in [0.5, 0.6) is 5.75 Å². The van der Waals surface area contributed by atoms with Crippen LogP contribution >= 0.6 is 0 Å². The van der Waals surface area contributed by atoms with Crippen LogP contribution < -0.4 is 25.2 Å². The van der Waals surface area contributed by atoms with Crippen LogP contribution in [0.4, 0.5) is 11.5 Å². The summed E-state index contributed by atoms with van der Waals surface area (Å²) < 4.78 is 7.47. The van der Waals surface area contributed by atoms with E-state index in [1.165, 1.54) is 0 Å². The Hall–Kier alpha value is -6.58. The number of rotatable bonds is 13. The number of nitrogens with one attached hydrogen (secondary N) is 2. The molecule has 67 heavy (non-hydrogen) atoms. The van der Waals surface area contributed by atoms with Crippen molar-refractivity contribution in [2.45, 2.75) is 71.5 Å². The maximum atomic E-state index is 14.0. The number of nitriles is 1. The van der Waals surface area contributed by atoms with Crippen molar-refractivity contribution in [3.8, 4) is 22.9 Å². The predicted octanol–water partition coefficient (Wildman–Crippen LogP) is 2.90. The van der Waals surface area contributed by atoms with Gasteiger partial charge in [0.1, 0.15) is 23.7 Å². The number of nitrogens with zero attached hydrogens (tertiary/aromatic N) is 10. The lowest BCUT2D eigenvalue weighted by atomic mass is 9.76. The Kier molecular flexibility index (Phi) is 13.1. The van der Waals surface area contributed by atoms with E-state index in [4.69, 9.17) is 9.72 Å². The Labute approximate surface area is 390 Å². The molecule has 4 saturated heterocycles. The second-order valence-electron chi connectivity index (χ2n) is 18.8. The molecule has 3 aromatic heterocycles. The van der Waals surface area contributed by atoms with Gasteiger partial charge in [-0.05, 0) is 82.0 Å². The van der Waals surface area contributed by atoms with Crippen LogP contribution in [0.2, 0.25) is 0 Å². The minimum Gasteiger partial charge on any atom is -0.492 e. The summed E-state index contributed by atoms with van der Waals surface area (Å²) in [7, 11) is 0. The highest BCUT2D eigenvalue weighted by molar-refractivity contribution is 6.05. The predicted molar refractivity (Wildman–Crippen MR) is 250 cm³/mol. The van der Waals surface area contributed by atoms with E-state index in [1.807, 2.05) is 62.2 Å². The molecule has 0 bridgehead atoms. The Balaban J connectivity index is 0.745. The highest BCUT2D eigenvalue weighted by Crippen LogP contribution is 2.37. The van der Waals surface area contributed by atoms with Gasteiger partial charge in [-0.3, -0.25) is 39.1 Å². The molecule has 5 aliphatic rings. The monoisotopic (exact) mass is 912 g/mol. The first kappa shape index (κ1) is 45.6. The largest absolute Gasteiger partial charge is 0.492 e. The fourth-order valence-electron chi connectivity index (χ4n) is 10.4. The third-order valence-electron chi connectivity index (χ3n) is 14.2. The first-order chi connectivity index (χ1) is 32.4. The Morgan fingerprint density at radius 2 is 1.69 bits per heavy atom. The molecule has 2 N–H and O–H groups in total. The van der Waals surface area contributed by atoms with Gasteiger partial charge < -0.3 is 29.7 Å². The van der Waals surface area contributed by atoms with Crippen molar-refractivity contribution >= 4 is 46.6 Å². The maximum Gasteiger partial charge on any atom is 0.255 e. The second-order valence-corrected chi connectivity index (χ2v) is 18.8. The zero-order chi connectivity index (χ0) is 46.8. The molecular formula is C49H60N12O6. The number of piperazine rings is 2. The molecular weight excluding hydrogens is 853 g/mol. The minimum atomic E-state index is -0.633. The van der Waals surface area contributed by atoms with Gasteiger partial charge in [0.15, 0.2) is 0 Å². The van der Waals surface area contributed by atoms with Gasteiger partial charge in [0.25, 0.3) is 5.91 Å². The summed E-state index contributed by atoms with van der Waals surface area (Å²) >= 11 is 0. The highest BCUT2D eigenvalue weighted by Gasteiger charge is 2.44. The van der Waals surface area contributed by atoms with Crippen molar-refractivity contribution < 1.29 is 28.7 Å². The Bertz CT molecular complexity index is 2560. The average molecular weight is 913 g/mol. The zero-order valence-electron chi connectivity index (χ0n) is 38.7. The van der Waals surface area contributed by atoms with Crippen molar-refractivity contribution in [2.24, 2.45) is 5.41 Å². The lowest BCUT2D eigenvalue weighted by molar-refractivity contribution is -0.137. The van der Waals surface area contributed by atoms with E-state index in [0.717, 1.165) is 54.4 Å². The van der Waals surface area contributed by atoms with Crippen molar-refractivity contribution in [3.63, 3.8) is 0 Å². The van der Waals surface area contributed by atoms with E-state index in [1.54, 1.807) is 21.8 Å². The molecule has 4 aromatic rings. The average Bonchev–Trinajstić information content (AvgIpc) is 3.90. The lowest BCUT2D eigenvalue weighted by Crippen LogP contribution is -2.58. The number of pyridine rings is 2. The third-order valence-corrected chi connectivity index (χ3v) is 14.2. The van der Waals surface area contributed by atoms with Crippen LogP contribution in [0, 0.1) is 16.7 Å². The van der Waals surface area contributed by atoms with Crippen LogP contribution in [0.1, 0.15) is 74.4 Å². The lowest BCUT2D eigenvalue weighted by Gasteiger charge is -2.45. The summed E-state index contributed by atoms with van der Waals surface area (Å²) in [5, 5.41) is 19.7. The van der Waals surface area contributed by atoms with E-state index in [-0.39, 0.29) is 36.1 Å². The van der Waals surface area contributed by atoms with Crippen molar-refractivity contribution in [3.05, 3.63) is 71.7 Å². The van der Waals surface area contributed by atoms with E-state index < -0.39 is 17.4 Å². The molecule has 1 unspecified atom stereocenters. The van der Waals surface area contributed by atoms with Crippen LogP contribution in [0.3, 0.4) is 0 Å². The van der Waals surface area contributed by atoms with Crippen LogP contribution in [0.15, 0.2) is 55.0 Å². The first-order valence-electron chi connectivity index (χ1n) is 23.7. The summed E-state index contributed by atoms with van der Waals surface area (Å²) in [4.78, 5) is 82.5. The molecule has 0 spiro atoms. The van der Waals surface area contributed by atoms with E-state index in [2.05, 4.69) is 47.5 Å². The number of benzene rings is 1. The molecule has 1 aromatic carbocycles. The summed E-state index contributed by atoms with van der Waals surface area (Å²) in [6.45, 7) is 15.4. The maximum absolute atomic E-state index is 14.0. The van der Waals surface area contributed by atoms with Crippen molar-refractivity contribution in [1.82, 2.24) is 44.8 Å². The number of hydrogen-bond acceptors (Lipinski definition) is 13. The number of piperidine rings is 2. The molecule has 9 rings (SSSR count). The number of aromatic nitrogens is 3. The zero-order valence-corrected chi connectivity index (χ0v) is 38.7. The number of amides is 5. The first-order valence-corrected chi connectivity index (χ1v) is 23.7. The van der Waals surface area contributed by atoms with E-state index >= 15 is 0 Å². The van der Waals surface area contributed by atoms with Gasteiger partial charge in [0.2, 0.25) is 23.6 Å². The van der Waals surface area contributed by atoms with Crippen LogP contribution in [-0.2, 0) is 25.7 Å².